The largest absolute Gasteiger partial charge is 0.331 e. The summed E-state index contributed by atoms with van der Waals surface area (Å²) in [5.74, 6) is 1.17. The Kier molecular flexibility index (Phi) is 3.94. The second kappa shape index (κ2) is 5.27. The molecule has 0 radical (unpaired) electrons. The molecule has 1 N–H and O–H groups in total. The molecule has 0 fully saturated rings. The van der Waals surface area contributed by atoms with Crippen molar-refractivity contribution in [3.63, 3.8) is 0 Å². The molecule has 2 rings (SSSR count). The standard InChI is InChI=1S/C13H18N2S2/c1-9-5-4-6-11-12(9)15(13(16)14-11)10(2)7-8-17-3/h4-6,10H,7-8H2,1-3H3,(H,14,16). The van der Waals surface area contributed by atoms with E-state index >= 15 is 0 Å². The lowest BCUT2D eigenvalue weighted by molar-refractivity contribution is 0.542. The van der Waals surface area contributed by atoms with Crippen LogP contribution in [0.2, 0.25) is 0 Å². The normalized spacial score (nSPS) is 13.1. The van der Waals surface area contributed by atoms with Gasteiger partial charge in [0.05, 0.1) is 11.0 Å². The molecule has 0 saturated heterocycles. The summed E-state index contributed by atoms with van der Waals surface area (Å²) in [6.45, 7) is 4.38. The lowest BCUT2D eigenvalue weighted by atomic mass is 10.2. The minimum absolute atomic E-state index is 0.449. The molecular formula is C13H18N2S2. The van der Waals surface area contributed by atoms with Crippen molar-refractivity contribution >= 4 is 35.0 Å². The van der Waals surface area contributed by atoms with Crippen LogP contribution in [0.1, 0.15) is 24.9 Å². The zero-order valence-electron chi connectivity index (χ0n) is 10.5. The topological polar surface area (TPSA) is 20.7 Å². The molecule has 2 aromatic rings. The Hall–Kier alpha value is -0.740. The molecule has 1 unspecified atom stereocenters. The van der Waals surface area contributed by atoms with Gasteiger partial charge in [0.2, 0.25) is 0 Å². The van der Waals surface area contributed by atoms with Gasteiger partial charge in [-0.15, -0.1) is 0 Å². The Balaban J connectivity index is 2.52. The van der Waals surface area contributed by atoms with E-state index in [4.69, 9.17) is 12.2 Å². The Bertz CT molecular complexity index is 568. The summed E-state index contributed by atoms with van der Waals surface area (Å²) < 4.78 is 3.10. The zero-order chi connectivity index (χ0) is 12.4. The molecule has 1 aromatic carbocycles. The van der Waals surface area contributed by atoms with Crippen molar-refractivity contribution in [3.8, 4) is 0 Å². The van der Waals surface area contributed by atoms with E-state index in [-0.39, 0.29) is 0 Å². The maximum Gasteiger partial charge on any atom is 0.178 e. The fraction of sp³-hybridized carbons (Fsp3) is 0.462. The van der Waals surface area contributed by atoms with E-state index in [1.54, 1.807) is 0 Å². The van der Waals surface area contributed by atoms with E-state index in [0.717, 1.165) is 16.7 Å². The predicted molar refractivity (Wildman–Crippen MR) is 79.6 cm³/mol. The summed E-state index contributed by atoms with van der Waals surface area (Å²) in [6, 6.07) is 6.75. The molecule has 92 valence electrons. The van der Waals surface area contributed by atoms with Gasteiger partial charge in [0, 0.05) is 6.04 Å². The first-order valence-corrected chi connectivity index (χ1v) is 7.64. The van der Waals surface area contributed by atoms with Crippen molar-refractivity contribution in [1.29, 1.82) is 0 Å². The number of hydrogen-bond acceptors (Lipinski definition) is 2. The number of nitrogens with one attached hydrogen (secondary N) is 1. The van der Waals surface area contributed by atoms with E-state index in [1.165, 1.54) is 16.8 Å². The second-order valence-electron chi connectivity index (χ2n) is 4.40. The number of aromatic amines is 1. The highest BCUT2D eigenvalue weighted by Crippen LogP contribution is 2.24. The molecule has 2 nitrogen and oxygen atoms in total. The van der Waals surface area contributed by atoms with Crippen molar-refractivity contribution < 1.29 is 0 Å². The predicted octanol–water partition coefficient (Wildman–Crippen LogP) is 4.32. The van der Waals surface area contributed by atoms with Crippen LogP contribution in [0.5, 0.6) is 0 Å². The molecule has 0 bridgehead atoms. The van der Waals surface area contributed by atoms with Crippen LogP contribution in [-0.4, -0.2) is 21.6 Å². The van der Waals surface area contributed by atoms with Gasteiger partial charge in [0.1, 0.15) is 0 Å². The van der Waals surface area contributed by atoms with Gasteiger partial charge < -0.3 is 9.55 Å². The minimum Gasteiger partial charge on any atom is -0.331 e. The molecule has 1 atom stereocenters. The number of hydrogen-bond donors (Lipinski definition) is 1. The number of H-pyrrole nitrogens is 1. The number of aryl methyl sites for hydroxylation is 1. The van der Waals surface area contributed by atoms with Gasteiger partial charge in [-0.05, 0) is 56.1 Å². The lowest BCUT2D eigenvalue weighted by Crippen LogP contribution is -2.06. The van der Waals surface area contributed by atoms with Gasteiger partial charge in [-0.25, -0.2) is 0 Å². The molecule has 0 saturated carbocycles. The average molecular weight is 266 g/mol. The van der Waals surface area contributed by atoms with Gasteiger partial charge in [-0.1, -0.05) is 12.1 Å². The third-order valence-electron chi connectivity index (χ3n) is 3.12. The van der Waals surface area contributed by atoms with Gasteiger partial charge in [0.25, 0.3) is 0 Å². The van der Waals surface area contributed by atoms with Crippen LogP contribution < -0.4 is 0 Å². The Morgan fingerprint density at radius 1 is 1.47 bits per heavy atom. The van der Waals surface area contributed by atoms with Crippen LogP contribution in [0.3, 0.4) is 0 Å². The molecule has 0 aliphatic carbocycles. The molecular weight excluding hydrogens is 248 g/mol. The second-order valence-corrected chi connectivity index (χ2v) is 5.77. The summed E-state index contributed by atoms with van der Waals surface area (Å²) >= 11 is 7.32. The Morgan fingerprint density at radius 3 is 2.94 bits per heavy atom. The monoisotopic (exact) mass is 266 g/mol. The SMILES string of the molecule is CSCCC(C)n1c(=S)[nH]c2cccc(C)c21. The highest BCUT2D eigenvalue weighted by Gasteiger charge is 2.12. The fourth-order valence-electron chi connectivity index (χ4n) is 2.19. The van der Waals surface area contributed by atoms with Crippen molar-refractivity contribution in [2.45, 2.75) is 26.3 Å². The molecule has 0 amide bonds. The van der Waals surface area contributed by atoms with E-state index in [1.807, 2.05) is 11.8 Å². The number of aromatic nitrogens is 2. The van der Waals surface area contributed by atoms with Crippen LogP contribution >= 0.6 is 24.0 Å². The molecule has 1 aromatic heterocycles. The van der Waals surface area contributed by atoms with Crippen LogP contribution in [-0.2, 0) is 0 Å². The van der Waals surface area contributed by atoms with E-state index in [9.17, 15) is 0 Å². The molecule has 0 aliphatic rings. The van der Waals surface area contributed by atoms with Gasteiger partial charge in [0.15, 0.2) is 4.77 Å². The van der Waals surface area contributed by atoms with Crippen molar-refractivity contribution in [3.05, 3.63) is 28.5 Å². The number of rotatable bonds is 4. The van der Waals surface area contributed by atoms with Gasteiger partial charge >= 0.3 is 0 Å². The first-order chi connectivity index (χ1) is 8.15. The average Bonchev–Trinajstić information content (AvgIpc) is 2.64. The van der Waals surface area contributed by atoms with Crippen molar-refractivity contribution in [2.24, 2.45) is 0 Å². The molecule has 17 heavy (non-hydrogen) atoms. The highest BCUT2D eigenvalue weighted by atomic mass is 32.2. The van der Waals surface area contributed by atoms with Crippen LogP contribution in [0, 0.1) is 11.7 Å². The number of para-hydroxylation sites is 1. The molecule has 1 heterocycles. The van der Waals surface area contributed by atoms with Crippen LogP contribution in [0.4, 0.5) is 0 Å². The van der Waals surface area contributed by atoms with Crippen LogP contribution in [0.25, 0.3) is 11.0 Å². The Labute approximate surface area is 111 Å². The minimum atomic E-state index is 0.449. The van der Waals surface area contributed by atoms with E-state index in [2.05, 4.69) is 47.9 Å². The molecule has 0 spiro atoms. The number of fused-ring (bicyclic) bond motifs is 1. The van der Waals surface area contributed by atoms with Crippen LogP contribution in [0.15, 0.2) is 18.2 Å². The fourth-order valence-corrected chi connectivity index (χ4v) is 3.15. The first-order valence-electron chi connectivity index (χ1n) is 5.84. The third-order valence-corrected chi connectivity index (χ3v) is 4.06. The number of thioether (sulfide) groups is 1. The van der Waals surface area contributed by atoms with E-state index < -0.39 is 0 Å². The summed E-state index contributed by atoms with van der Waals surface area (Å²) in [5, 5.41) is 0. The molecule has 0 aliphatic heterocycles. The van der Waals surface area contributed by atoms with Gasteiger partial charge in [-0.2, -0.15) is 11.8 Å². The summed E-state index contributed by atoms with van der Waals surface area (Å²) in [7, 11) is 0. The van der Waals surface area contributed by atoms with Gasteiger partial charge in [-0.3, -0.25) is 0 Å². The number of benzene rings is 1. The van der Waals surface area contributed by atoms with Crippen molar-refractivity contribution in [1.82, 2.24) is 9.55 Å². The summed E-state index contributed by atoms with van der Waals surface area (Å²) in [6.07, 6.45) is 3.29. The quantitative estimate of drug-likeness (QED) is 0.832. The lowest BCUT2D eigenvalue weighted by Gasteiger charge is -2.14. The highest BCUT2D eigenvalue weighted by molar-refractivity contribution is 7.98. The summed E-state index contributed by atoms with van der Waals surface area (Å²) in [5.41, 5.74) is 3.68. The van der Waals surface area contributed by atoms with Crippen molar-refractivity contribution in [2.75, 3.05) is 12.0 Å². The maximum absolute atomic E-state index is 5.44. The smallest absolute Gasteiger partial charge is 0.178 e. The Morgan fingerprint density at radius 2 is 2.24 bits per heavy atom. The number of nitrogens with zero attached hydrogens (tertiary/aromatic N) is 1. The number of imidazole rings is 1. The maximum atomic E-state index is 5.44. The summed E-state index contributed by atoms with van der Waals surface area (Å²) in [4.78, 5) is 3.30. The third kappa shape index (κ3) is 2.43. The molecule has 4 heteroatoms. The van der Waals surface area contributed by atoms with E-state index in [0.29, 0.717) is 6.04 Å². The first kappa shape index (κ1) is 12.7. The zero-order valence-corrected chi connectivity index (χ0v) is 12.1.